The van der Waals surface area contributed by atoms with Crippen LogP contribution in [0.1, 0.15) is 26.1 Å². The van der Waals surface area contributed by atoms with Gasteiger partial charge in [0, 0.05) is 18.2 Å². The molecule has 2 rings (SSSR count). The van der Waals surface area contributed by atoms with E-state index in [1.54, 1.807) is 0 Å². The molecule has 0 aliphatic carbocycles. The fourth-order valence-electron chi connectivity index (χ4n) is 1.97. The molecule has 1 heterocycles. The van der Waals surface area contributed by atoms with E-state index in [1.807, 2.05) is 44.2 Å². The summed E-state index contributed by atoms with van der Waals surface area (Å²) in [6.07, 6.45) is 1.07. The Hall–Kier alpha value is -2.10. The molecule has 2 aromatic rings. The molecule has 4 heteroatoms. The molecule has 106 valence electrons. The number of hydrogen-bond acceptors (Lipinski definition) is 4. The van der Waals surface area contributed by atoms with Gasteiger partial charge in [0.05, 0.1) is 12.3 Å². The zero-order valence-electron chi connectivity index (χ0n) is 12.3. The third-order valence-electron chi connectivity index (χ3n) is 2.83. The second-order valence-electron chi connectivity index (χ2n) is 4.57. The Labute approximate surface area is 120 Å². The molecule has 0 unspecified atom stereocenters. The molecular weight excluding hydrogens is 250 g/mol. The van der Waals surface area contributed by atoms with Gasteiger partial charge in [-0.2, -0.15) is 0 Å². The minimum Gasteiger partial charge on any atom is -0.494 e. The maximum absolute atomic E-state index is 5.53. The van der Waals surface area contributed by atoms with Gasteiger partial charge in [-0.15, -0.1) is 0 Å². The molecule has 0 aliphatic rings. The number of aryl methyl sites for hydroxylation is 1. The van der Waals surface area contributed by atoms with E-state index in [2.05, 4.69) is 22.2 Å². The fourth-order valence-corrected chi connectivity index (χ4v) is 1.97. The predicted octanol–water partition coefficient (Wildman–Crippen LogP) is 3.67. The molecular formula is C16H21N3O. The SMILES string of the molecule is CCCNc1cc(-c2cccc(OCC)c2)nc(C)n1. The lowest BCUT2D eigenvalue weighted by Gasteiger charge is -2.09. The first-order chi connectivity index (χ1) is 9.72. The quantitative estimate of drug-likeness (QED) is 0.870. The van der Waals surface area contributed by atoms with Crippen molar-refractivity contribution in [3.63, 3.8) is 0 Å². The van der Waals surface area contributed by atoms with Crippen molar-refractivity contribution < 1.29 is 4.74 Å². The van der Waals surface area contributed by atoms with E-state index in [9.17, 15) is 0 Å². The monoisotopic (exact) mass is 271 g/mol. The van der Waals surface area contributed by atoms with Crippen LogP contribution in [0.5, 0.6) is 5.75 Å². The lowest BCUT2D eigenvalue weighted by atomic mass is 10.1. The predicted molar refractivity (Wildman–Crippen MR) is 82.2 cm³/mol. The van der Waals surface area contributed by atoms with Crippen LogP contribution in [0.15, 0.2) is 30.3 Å². The average Bonchev–Trinajstić information content (AvgIpc) is 2.45. The van der Waals surface area contributed by atoms with Crippen molar-refractivity contribution in [1.82, 2.24) is 9.97 Å². The van der Waals surface area contributed by atoms with Crippen LogP contribution in [0.2, 0.25) is 0 Å². The van der Waals surface area contributed by atoms with Crippen molar-refractivity contribution in [3.8, 4) is 17.0 Å². The molecule has 0 bridgehead atoms. The molecule has 1 N–H and O–H groups in total. The Kier molecular flexibility index (Phi) is 4.93. The molecule has 1 aromatic carbocycles. The summed E-state index contributed by atoms with van der Waals surface area (Å²) in [5.74, 6) is 2.50. The van der Waals surface area contributed by atoms with Crippen molar-refractivity contribution in [2.75, 3.05) is 18.5 Å². The van der Waals surface area contributed by atoms with Gasteiger partial charge in [0.2, 0.25) is 0 Å². The number of ether oxygens (including phenoxy) is 1. The smallest absolute Gasteiger partial charge is 0.130 e. The average molecular weight is 271 g/mol. The Morgan fingerprint density at radius 1 is 1.15 bits per heavy atom. The maximum Gasteiger partial charge on any atom is 0.130 e. The largest absolute Gasteiger partial charge is 0.494 e. The van der Waals surface area contributed by atoms with Crippen LogP contribution < -0.4 is 10.1 Å². The highest BCUT2D eigenvalue weighted by atomic mass is 16.5. The molecule has 4 nitrogen and oxygen atoms in total. The number of aromatic nitrogens is 2. The molecule has 0 radical (unpaired) electrons. The molecule has 0 amide bonds. The molecule has 0 saturated carbocycles. The summed E-state index contributed by atoms with van der Waals surface area (Å²) in [6, 6.07) is 9.96. The van der Waals surface area contributed by atoms with E-state index in [0.717, 1.165) is 41.6 Å². The molecule has 0 saturated heterocycles. The van der Waals surface area contributed by atoms with Crippen LogP contribution in [0.25, 0.3) is 11.3 Å². The van der Waals surface area contributed by atoms with Gasteiger partial charge in [0.25, 0.3) is 0 Å². The van der Waals surface area contributed by atoms with Crippen molar-refractivity contribution in [2.45, 2.75) is 27.2 Å². The van der Waals surface area contributed by atoms with E-state index in [1.165, 1.54) is 0 Å². The standard InChI is InChI=1S/C16H21N3O/c1-4-9-17-16-11-15(18-12(3)19-16)13-7-6-8-14(10-13)20-5-2/h6-8,10-11H,4-5,9H2,1-3H3,(H,17,18,19). The number of rotatable bonds is 6. The second kappa shape index (κ2) is 6.89. The van der Waals surface area contributed by atoms with E-state index < -0.39 is 0 Å². The second-order valence-corrected chi connectivity index (χ2v) is 4.57. The summed E-state index contributed by atoms with van der Waals surface area (Å²) >= 11 is 0. The van der Waals surface area contributed by atoms with Crippen LogP contribution in [0.4, 0.5) is 5.82 Å². The zero-order chi connectivity index (χ0) is 14.4. The molecule has 0 atom stereocenters. The molecule has 0 spiro atoms. The van der Waals surface area contributed by atoms with Crippen molar-refractivity contribution in [2.24, 2.45) is 0 Å². The van der Waals surface area contributed by atoms with E-state index in [0.29, 0.717) is 6.61 Å². The van der Waals surface area contributed by atoms with Gasteiger partial charge in [-0.1, -0.05) is 19.1 Å². The molecule has 20 heavy (non-hydrogen) atoms. The van der Waals surface area contributed by atoms with Gasteiger partial charge in [-0.3, -0.25) is 0 Å². The topological polar surface area (TPSA) is 47.0 Å². The third-order valence-corrected chi connectivity index (χ3v) is 2.83. The van der Waals surface area contributed by atoms with Crippen molar-refractivity contribution in [3.05, 3.63) is 36.2 Å². The highest BCUT2D eigenvalue weighted by Crippen LogP contribution is 2.24. The summed E-state index contributed by atoms with van der Waals surface area (Å²) < 4.78 is 5.53. The molecule has 1 aromatic heterocycles. The Morgan fingerprint density at radius 2 is 2.00 bits per heavy atom. The summed E-state index contributed by atoms with van der Waals surface area (Å²) in [6.45, 7) is 7.60. The van der Waals surface area contributed by atoms with Crippen LogP contribution in [0.3, 0.4) is 0 Å². The van der Waals surface area contributed by atoms with Crippen LogP contribution in [0, 0.1) is 6.92 Å². The van der Waals surface area contributed by atoms with Gasteiger partial charge in [0.1, 0.15) is 17.4 Å². The van der Waals surface area contributed by atoms with Crippen LogP contribution in [-0.2, 0) is 0 Å². The fraction of sp³-hybridized carbons (Fsp3) is 0.375. The summed E-state index contributed by atoms with van der Waals surface area (Å²) in [4.78, 5) is 8.91. The molecule has 0 aliphatic heterocycles. The third kappa shape index (κ3) is 3.70. The van der Waals surface area contributed by atoms with Gasteiger partial charge < -0.3 is 10.1 Å². The first-order valence-electron chi connectivity index (χ1n) is 7.05. The number of hydrogen-bond donors (Lipinski definition) is 1. The van der Waals surface area contributed by atoms with E-state index in [-0.39, 0.29) is 0 Å². The van der Waals surface area contributed by atoms with Gasteiger partial charge in [-0.25, -0.2) is 9.97 Å². The van der Waals surface area contributed by atoms with E-state index >= 15 is 0 Å². The maximum atomic E-state index is 5.53. The Bertz CT molecular complexity index is 569. The lowest BCUT2D eigenvalue weighted by molar-refractivity contribution is 0.340. The highest BCUT2D eigenvalue weighted by Gasteiger charge is 2.05. The van der Waals surface area contributed by atoms with Gasteiger partial charge in [-0.05, 0) is 32.4 Å². The van der Waals surface area contributed by atoms with Gasteiger partial charge >= 0.3 is 0 Å². The first kappa shape index (κ1) is 14.3. The van der Waals surface area contributed by atoms with Crippen molar-refractivity contribution in [1.29, 1.82) is 0 Å². The number of anilines is 1. The molecule has 0 fully saturated rings. The number of nitrogens with zero attached hydrogens (tertiary/aromatic N) is 2. The van der Waals surface area contributed by atoms with Crippen LogP contribution in [-0.4, -0.2) is 23.1 Å². The summed E-state index contributed by atoms with van der Waals surface area (Å²) in [5.41, 5.74) is 1.96. The minimum absolute atomic E-state index is 0.662. The highest BCUT2D eigenvalue weighted by molar-refractivity contribution is 5.64. The normalized spacial score (nSPS) is 10.3. The Balaban J connectivity index is 2.31. The number of benzene rings is 1. The lowest BCUT2D eigenvalue weighted by Crippen LogP contribution is -2.04. The first-order valence-corrected chi connectivity index (χ1v) is 7.05. The van der Waals surface area contributed by atoms with E-state index in [4.69, 9.17) is 4.74 Å². The summed E-state index contributed by atoms with van der Waals surface area (Å²) in [5, 5.41) is 3.30. The Morgan fingerprint density at radius 3 is 2.75 bits per heavy atom. The van der Waals surface area contributed by atoms with Crippen LogP contribution >= 0.6 is 0 Å². The minimum atomic E-state index is 0.662. The van der Waals surface area contributed by atoms with Gasteiger partial charge in [0.15, 0.2) is 0 Å². The zero-order valence-corrected chi connectivity index (χ0v) is 12.3. The number of nitrogens with one attached hydrogen (secondary N) is 1. The van der Waals surface area contributed by atoms with Crippen molar-refractivity contribution >= 4 is 5.82 Å². The summed E-state index contributed by atoms with van der Waals surface area (Å²) in [7, 11) is 0.